The summed E-state index contributed by atoms with van der Waals surface area (Å²) in [6, 6.07) is 1.66. The predicted molar refractivity (Wildman–Crippen MR) is 54.4 cm³/mol. The molecule has 0 amide bonds. The number of aryl methyl sites for hydroxylation is 1. The lowest BCUT2D eigenvalue weighted by atomic mass is 10.1. The molecule has 1 aromatic carbocycles. The van der Waals surface area contributed by atoms with Gasteiger partial charge in [0.2, 0.25) is 0 Å². The summed E-state index contributed by atoms with van der Waals surface area (Å²) in [5.74, 6) is 0. The van der Waals surface area contributed by atoms with Crippen molar-refractivity contribution in [3.05, 3.63) is 29.3 Å². The van der Waals surface area contributed by atoms with E-state index in [-0.39, 0.29) is 5.69 Å². The first kappa shape index (κ1) is 11.4. The van der Waals surface area contributed by atoms with Crippen molar-refractivity contribution < 1.29 is 17.5 Å². The standard InChI is InChI=1S/C9H10F2N2O2S/c1-6-3-2-4-7-5-9(10,11)13(8(6)7)12-16(14)15/h2-4,12H,5H2,1H3,(H,14,15)/p-1. The first-order valence-electron chi connectivity index (χ1n) is 4.54. The van der Waals surface area contributed by atoms with Crippen LogP contribution >= 0.6 is 0 Å². The van der Waals surface area contributed by atoms with Crippen molar-refractivity contribution >= 4 is 17.0 Å². The van der Waals surface area contributed by atoms with Crippen LogP contribution in [0.2, 0.25) is 0 Å². The van der Waals surface area contributed by atoms with Gasteiger partial charge in [-0.3, -0.25) is 4.21 Å². The Morgan fingerprint density at radius 1 is 1.56 bits per heavy atom. The molecule has 88 valence electrons. The quantitative estimate of drug-likeness (QED) is 0.632. The second kappa shape index (κ2) is 3.76. The van der Waals surface area contributed by atoms with Crippen LogP contribution in [0, 0.1) is 6.92 Å². The summed E-state index contributed by atoms with van der Waals surface area (Å²) in [4.78, 5) is 1.73. The second-order valence-corrected chi connectivity index (χ2v) is 4.24. The van der Waals surface area contributed by atoms with Gasteiger partial charge >= 0.3 is 6.05 Å². The molecule has 0 spiro atoms. The molecule has 0 fully saturated rings. The molecule has 0 aromatic heterocycles. The zero-order valence-corrected chi connectivity index (χ0v) is 9.18. The van der Waals surface area contributed by atoms with Crippen LogP contribution in [-0.4, -0.2) is 14.8 Å². The minimum atomic E-state index is -3.23. The molecule has 1 N–H and O–H groups in total. The molecule has 2 rings (SSSR count). The van der Waals surface area contributed by atoms with E-state index in [9.17, 15) is 17.5 Å². The summed E-state index contributed by atoms with van der Waals surface area (Å²) < 4.78 is 48.0. The van der Waals surface area contributed by atoms with E-state index in [4.69, 9.17) is 0 Å². The third kappa shape index (κ3) is 1.81. The van der Waals surface area contributed by atoms with E-state index in [1.165, 1.54) is 0 Å². The number of nitrogens with zero attached hydrogens (tertiary/aromatic N) is 1. The van der Waals surface area contributed by atoms with E-state index in [0.717, 1.165) is 0 Å². The smallest absolute Gasteiger partial charge is 0.343 e. The average molecular weight is 247 g/mol. The minimum absolute atomic E-state index is 0.233. The monoisotopic (exact) mass is 247 g/mol. The number of rotatable bonds is 2. The van der Waals surface area contributed by atoms with Crippen molar-refractivity contribution in [2.24, 2.45) is 0 Å². The van der Waals surface area contributed by atoms with Gasteiger partial charge in [-0.15, -0.1) is 0 Å². The van der Waals surface area contributed by atoms with Crippen LogP contribution < -0.4 is 9.84 Å². The number of hydrogen-bond donors (Lipinski definition) is 1. The Bertz CT molecular complexity index is 453. The van der Waals surface area contributed by atoms with Gasteiger partial charge in [-0.1, -0.05) is 18.2 Å². The summed E-state index contributed by atoms with van der Waals surface area (Å²) in [6.45, 7) is 1.66. The molecule has 1 aliphatic rings. The molecule has 16 heavy (non-hydrogen) atoms. The molecule has 7 heteroatoms. The number of anilines is 1. The normalized spacial score (nSPS) is 19.6. The lowest BCUT2D eigenvalue weighted by molar-refractivity contribution is 0.00285. The molecule has 0 saturated carbocycles. The molecular formula is C9H9F2N2O2S-. The van der Waals surface area contributed by atoms with Gasteiger partial charge in [0.25, 0.3) is 0 Å². The third-order valence-electron chi connectivity index (χ3n) is 2.44. The van der Waals surface area contributed by atoms with Crippen LogP contribution in [0.3, 0.4) is 0 Å². The van der Waals surface area contributed by atoms with Gasteiger partial charge in [-0.2, -0.15) is 13.6 Å². The van der Waals surface area contributed by atoms with E-state index >= 15 is 0 Å². The van der Waals surface area contributed by atoms with Crippen molar-refractivity contribution in [1.82, 2.24) is 4.83 Å². The number of fused-ring (bicyclic) bond motifs is 1. The lowest BCUT2D eigenvalue weighted by Gasteiger charge is -2.28. The summed E-state index contributed by atoms with van der Waals surface area (Å²) >= 11 is -2.77. The molecule has 0 aliphatic carbocycles. The van der Waals surface area contributed by atoms with Gasteiger partial charge in [0.1, 0.15) is 0 Å². The number of nitrogens with one attached hydrogen (secondary N) is 1. The van der Waals surface area contributed by atoms with E-state index in [1.807, 2.05) is 0 Å². The maximum Gasteiger partial charge on any atom is 0.343 e. The van der Waals surface area contributed by atoms with Crippen molar-refractivity contribution in [3.8, 4) is 0 Å². The van der Waals surface area contributed by atoms with E-state index in [1.54, 1.807) is 30.0 Å². The number of para-hydroxylation sites is 1. The van der Waals surface area contributed by atoms with Crippen molar-refractivity contribution in [1.29, 1.82) is 0 Å². The molecule has 4 nitrogen and oxygen atoms in total. The van der Waals surface area contributed by atoms with Gasteiger partial charge in [-0.05, 0) is 18.1 Å². The largest absolute Gasteiger partial charge is 0.759 e. The van der Waals surface area contributed by atoms with Crippen molar-refractivity contribution in [3.63, 3.8) is 0 Å². The number of hydrogen-bond acceptors (Lipinski definition) is 3. The van der Waals surface area contributed by atoms with Gasteiger partial charge in [0.05, 0.1) is 12.1 Å². The molecular weight excluding hydrogens is 238 g/mol. The molecule has 1 atom stereocenters. The zero-order valence-electron chi connectivity index (χ0n) is 8.37. The predicted octanol–water partition coefficient (Wildman–Crippen LogP) is 1.25. The molecule has 0 radical (unpaired) electrons. The summed E-state index contributed by atoms with van der Waals surface area (Å²) in [7, 11) is 0. The number of halogens is 2. The molecule has 1 unspecified atom stereocenters. The molecule has 0 saturated heterocycles. The summed E-state index contributed by atoms with van der Waals surface area (Å²) in [5, 5.41) is 0.404. The Balaban J connectivity index is 2.47. The Kier molecular flexibility index (Phi) is 2.69. The maximum atomic E-state index is 13.5. The fraction of sp³-hybridized carbons (Fsp3) is 0.333. The van der Waals surface area contributed by atoms with Crippen molar-refractivity contribution in [2.75, 3.05) is 5.01 Å². The molecule has 1 heterocycles. The Morgan fingerprint density at radius 2 is 2.25 bits per heavy atom. The lowest BCUT2D eigenvalue weighted by Crippen LogP contribution is -2.49. The van der Waals surface area contributed by atoms with Gasteiger partial charge < -0.3 is 4.55 Å². The van der Waals surface area contributed by atoms with E-state index in [2.05, 4.69) is 0 Å². The van der Waals surface area contributed by atoms with Crippen LogP contribution in [0.25, 0.3) is 0 Å². The Labute approximate surface area is 93.6 Å². The highest BCUT2D eigenvalue weighted by Crippen LogP contribution is 2.41. The average Bonchev–Trinajstić information content (AvgIpc) is 2.38. The highest BCUT2D eigenvalue weighted by Gasteiger charge is 2.46. The molecule has 0 bridgehead atoms. The van der Waals surface area contributed by atoms with Crippen LogP contribution in [0.15, 0.2) is 18.2 Å². The topological polar surface area (TPSA) is 55.4 Å². The Hall–Kier alpha value is -1.05. The number of hydrazine groups is 1. The first-order chi connectivity index (χ1) is 7.42. The van der Waals surface area contributed by atoms with Gasteiger partial charge in [0, 0.05) is 11.3 Å². The minimum Gasteiger partial charge on any atom is -0.759 e. The number of alkyl halides is 2. The fourth-order valence-corrected chi connectivity index (χ4v) is 2.21. The van der Waals surface area contributed by atoms with Crippen molar-refractivity contribution in [2.45, 2.75) is 19.4 Å². The van der Waals surface area contributed by atoms with E-state index < -0.39 is 23.7 Å². The molecule has 1 aliphatic heterocycles. The zero-order chi connectivity index (χ0) is 11.9. The third-order valence-corrected chi connectivity index (χ3v) is 2.77. The molecule has 1 aromatic rings. The van der Waals surface area contributed by atoms with Crippen LogP contribution in [0.4, 0.5) is 14.5 Å². The second-order valence-electron chi connectivity index (χ2n) is 3.59. The SMILES string of the molecule is Cc1cccc2c1N(NS(=O)[O-])C(F)(F)C2. The fourth-order valence-electron chi connectivity index (χ4n) is 1.84. The van der Waals surface area contributed by atoms with Gasteiger partial charge in [0.15, 0.2) is 0 Å². The Morgan fingerprint density at radius 3 is 2.88 bits per heavy atom. The maximum absolute atomic E-state index is 13.5. The van der Waals surface area contributed by atoms with E-state index in [0.29, 0.717) is 16.1 Å². The van der Waals surface area contributed by atoms with Crippen LogP contribution in [0.1, 0.15) is 11.1 Å². The highest BCUT2D eigenvalue weighted by atomic mass is 32.2. The number of benzene rings is 1. The van der Waals surface area contributed by atoms with Crippen LogP contribution in [-0.2, 0) is 17.7 Å². The summed E-state index contributed by atoms with van der Waals surface area (Å²) in [5.41, 5.74) is 1.27. The summed E-state index contributed by atoms with van der Waals surface area (Å²) in [6.07, 6.45) is -0.492. The van der Waals surface area contributed by atoms with Crippen LogP contribution in [0.5, 0.6) is 0 Å². The first-order valence-corrected chi connectivity index (χ1v) is 5.61. The highest BCUT2D eigenvalue weighted by molar-refractivity contribution is 7.77. The van der Waals surface area contributed by atoms with Gasteiger partial charge in [-0.25, -0.2) is 5.01 Å².